The zero-order valence-electron chi connectivity index (χ0n) is 13.3. The zero-order chi connectivity index (χ0) is 16.0. The fourth-order valence-electron chi connectivity index (χ4n) is 4.07. The van der Waals surface area contributed by atoms with Crippen LogP contribution in [0.5, 0.6) is 5.75 Å². The standard InChI is InChI=1S/C20H19NO2/c1-13-4-3-5-15(10-13)17-18-19(23-12-20(17,18)11-21)14-6-8-16(22-2)9-7-14/h3-10,17-19H,12H2,1-2H3/t17-,18+,19+,20+/m0/s1. The van der Waals surface area contributed by atoms with Crippen molar-refractivity contribution in [3.05, 3.63) is 65.2 Å². The lowest BCUT2D eigenvalue weighted by Crippen LogP contribution is -2.08. The maximum atomic E-state index is 9.76. The molecule has 116 valence electrons. The number of nitriles is 1. The maximum absolute atomic E-state index is 9.76. The second-order valence-corrected chi connectivity index (χ2v) is 6.57. The van der Waals surface area contributed by atoms with Gasteiger partial charge in [0, 0.05) is 11.8 Å². The minimum Gasteiger partial charge on any atom is -0.497 e. The highest BCUT2D eigenvalue weighted by Gasteiger charge is 2.73. The van der Waals surface area contributed by atoms with Crippen LogP contribution in [0.2, 0.25) is 0 Å². The molecule has 23 heavy (non-hydrogen) atoms. The number of rotatable bonds is 3. The van der Waals surface area contributed by atoms with Crippen molar-refractivity contribution in [3.63, 3.8) is 0 Å². The first-order chi connectivity index (χ1) is 11.2. The third kappa shape index (κ3) is 2.06. The number of hydrogen-bond donors (Lipinski definition) is 0. The van der Waals surface area contributed by atoms with Crippen molar-refractivity contribution in [1.29, 1.82) is 5.26 Å². The van der Waals surface area contributed by atoms with Crippen LogP contribution in [0.15, 0.2) is 48.5 Å². The van der Waals surface area contributed by atoms with Gasteiger partial charge in [0.25, 0.3) is 0 Å². The van der Waals surface area contributed by atoms with Crippen molar-refractivity contribution in [2.75, 3.05) is 13.7 Å². The van der Waals surface area contributed by atoms with Gasteiger partial charge in [0.15, 0.2) is 0 Å². The average molecular weight is 305 g/mol. The number of benzene rings is 2. The van der Waals surface area contributed by atoms with Gasteiger partial charge in [0.05, 0.1) is 31.3 Å². The molecule has 1 saturated carbocycles. The SMILES string of the molecule is COc1ccc([C@H]2OC[C@@]3(C#N)[C@@H]2[C@@H]3c2cccc(C)c2)cc1. The van der Waals surface area contributed by atoms with E-state index in [1.165, 1.54) is 11.1 Å². The van der Waals surface area contributed by atoms with E-state index < -0.39 is 0 Å². The molecule has 2 aromatic carbocycles. The Morgan fingerprint density at radius 1 is 1.17 bits per heavy atom. The second-order valence-electron chi connectivity index (χ2n) is 6.57. The van der Waals surface area contributed by atoms with Gasteiger partial charge in [-0.15, -0.1) is 0 Å². The average Bonchev–Trinajstić information content (AvgIpc) is 3.10. The van der Waals surface area contributed by atoms with E-state index >= 15 is 0 Å². The van der Waals surface area contributed by atoms with E-state index in [-0.39, 0.29) is 23.4 Å². The summed E-state index contributed by atoms with van der Waals surface area (Å²) in [5.41, 5.74) is 3.27. The highest BCUT2D eigenvalue weighted by molar-refractivity contribution is 5.44. The van der Waals surface area contributed by atoms with Crippen LogP contribution < -0.4 is 4.74 Å². The molecule has 4 rings (SSSR count). The van der Waals surface area contributed by atoms with Crippen LogP contribution in [0, 0.1) is 29.6 Å². The molecule has 0 amide bonds. The van der Waals surface area contributed by atoms with E-state index in [4.69, 9.17) is 9.47 Å². The van der Waals surface area contributed by atoms with E-state index in [1.54, 1.807) is 7.11 Å². The number of fused-ring (bicyclic) bond motifs is 1. The van der Waals surface area contributed by atoms with Gasteiger partial charge < -0.3 is 9.47 Å². The van der Waals surface area contributed by atoms with Crippen molar-refractivity contribution in [2.45, 2.75) is 18.9 Å². The molecule has 0 spiro atoms. The molecule has 0 N–H and O–H groups in total. The van der Waals surface area contributed by atoms with E-state index in [0.29, 0.717) is 6.61 Å². The second kappa shape index (κ2) is 5.11. The fraction of sp³-hybridized carbons (Fsp3) is 0.350. The van der Waals surface area contributed by atoms with Crippen molar-refractivity contribution < 1.29 is 9.47 Å². The summed E-state index contributed by atoms with van der Waals surface area (Å²) in [6.45, 7) is 2.61. The number of aryl methyl sites for hydroxylation is 1. The van der Waals surface area contributed by atoms with E-state index in [0.717, 1.165) is 11.3 Å². The molecule has 1 heterocycles. The quantitative estimate of drug-likeness (QED) is 0.861. The summed E-state index contributed by atoms with van der Waals surface area (Å²) in [5.74, 6) is 1.35. The molecular weight excluding hydrogens is 286 g/mol. The lowest BCUT2D eigenvalue weighted by molar-refractivity contribution is 0.0702. The molecule has 0 aromatic heterocycles. The normalized spacial score (nSPS) is 31.3. The lowest BCUT2D eigenvalue weighted by Gasteiger charge is -2.16. The molecule has 4 atom stereocenters. The first-order valence-corrected chi connectivity index (χ1v) is 7.93. The lowest BCUT2D eigenvalue weighted by atomic mass is 9.99. The molecule has 3 nitrogen and oxygen atoms in total. The maximum Gasteiger partial charge on any atom is 0.118 e. The fourth-order valence-corrected chi connectivity index (χ4v) is 4.07. The van der Waals surface area contributed by atoms with Crippen LogP contribution in [0.4, 0.5) is 0 Å². The molecule has 0 bridgehead atoms. The molecule has 2 aromatic rings. The van der Waals surface area contributed by atoms with Crippen LogP contribution in [-0.2, 0) is 4.74 Å². The Hall–Kier alpha value is -2.31. The monoisotopic (exact) mass is 305 g/mol. The van der Waals surface area contributed by atoms with Crippen molar-refractivity contribution in [1.82, 2.24) is 0 Å². The van der Waals surface area contributed by atoms with Crippen molar-refractivity contribution in [3.8, 4) is 11.8 Å². The third-order valence-electron chi connectivity index (χ3n) is 5.28. The van der Waals surface area contributed by atoms with Crippen LogP contribution in [0.25, 0.3) is 0 Å². The summed E-state index contributed by atoms with van der Waals surface area (Å²) in [4.78, 5) is 0. The number of nitrogens with zero attached hydrogens (tertiary/aromatic N) is 1. The summed E-state index contributed by atoms with van der Waals surface area (Å²) in [6, 6.07) is 19.1. The van der Waals surface area contributed by atoms with Gasteiger partial charge in [-0.3, -0.25) is 0 Å². The smallest absolute Gasteiger partial charge is 0.118 e. The Balaban J connectivity index is 1.66. The number of hydrogen-bond acceptors (Lipinski definition) is 3. The highest BCUT2D eigenvalue weighted by atomic mass is 16.5. The third-order valence-corrected chi connectivity index (χ3v) is 5.28. The Labute approximate surface area is 136 Å². The Bertz CT molecular complexity index is 777. The summed E-state index contributed by atoms with van der Waals surface area (Å²) in [5, 5.41) is 9.76. The van der Waals surface area contributed by atoms with Crippen LogP contribution in [0.1, 0.15) is 28.7 Å². The Morgan fingerprint density at radius 2 is 1.96 bits per heavy atom. The largest absolute Gasteiger partial charge is 0.497 e. The summed E-state index contributed by atoms with van der Waals surface area (Å²) < 4.78 is 11.2. The molecule has 2 fully saturated rings. The highest BCUT2D eigenvalue weighted by Crippen LogP contribution is 2.73. The minimum absolute atomic E-state index is 0.00827. The van der Waals surface area contributed by atoms with Gasteiger partial charge in [-0.2, -0.15) is 5.26 Å². The van der Waals surface area contributed by atoms with Gasteiger partial charge in [-0.05, 0) is 30.2 Å². The predicted octanol–water partition coefficient (Wildman–Crippen LogP) is 4.00. The van der Waals surface area contributed by atoms with Gasteiger partial charge in [0.2, 0.25) is 0 Å². The molecule has 0 radical (unpaired) electrons. The van der Waals surface area contributed by atoms with E-state index in [1.807, 2.05) is 24.3 Å². The van der Waals surface area contributed by atoms with Gasteiger partial charge in [-0.25, -0.2) is 0 Å². The molecule has 2 aliphatic rings. The Kier molecular flexibility index (Phi) is 3.18. The molecule has 1 saturated heterocycles. The van der Waals surface area contributed by atoms with Crippen LogP contribution >= 0.6 is 0 Å². The number of methoxy groups -OCH3 is 1. The summed E-state index contributed by atoms with van der Waals surface area (Å²) >= 11 is 0. The first kappa shape index (κ1) is 14.3. The molecular formula is C20H19NO2. The topological polar surface area (TPSA) is 42.2 Å². The van der Waals surface area contributed by atoms with Gasteiger partial charge >= 0.3 is 0 Å². The first-order valence-electron chi connectivity index (χ1n) is 7.93. The molecule has 1 aliphatic carbocycles. The van der Waals surface area contributed by atoms with E-state index in [2.05, 4.69) is 37.3 Å². The molecule has 0 unspecified atom stereocenters. The predicted molar refractivity (Wildman–Crippen MR) is 87.1 cm³/mol. The van der Waals surface area contributed by atoms with E-state index in [9.17, 15) is 5.26 Å². The minimum atomic E-state index is -0.363. The van der Waals surface area contributed by atoms with Crippen LogP contribution in [0.3, 0.4) is 0 Å². The van der Waals surface area contributed by atoms with Crippen molar-refractivity contribution >= 4 is 0 Å². The summed E-state index contributed by atoms with van der Waals surface area (Å²) in [6.07, 6.45) is -0.00827. The van der Waals surface area contributed by atoms with Crippen molar-refractivity contribution in [2.24, 2.45) is 11.3 Å². The molecule has 1 aliphatic heterocycles. The zero-order valence-corrected chi connectivity index (χ0v) is 13.3. The Morgan fingerprint density at radius 3 is 2.61 bits per heavy atom. The number of ether oxygens (including phenoxy) is 2. The van der Waals surface area contributed by atoms with Gasteiger partial charge in [-0.1, -0.05) is 42.0 Å². The summed E-state index contributed by atoms with van der Waals surface area (Å²) in [7, 11) is 1.66. The van der Waals surface area contributed by atoms with Crippen LogP contribution in [-0.4, -0.2) is 13.7 Å². The van der Waals surface area contributed by atoms with Gasteiger partial charge in [0.1, 0.15) is 5.75 Å². The molecule has 3 heteroatoms.